The van der Waals surface area contributed by atoms with E-state index in [0.29, 0.717) is 12.1 Å². The van der Waals surface area contributed by atoms with Crippen LogP contribution in [0, 0.1) is 12.8 Å². The number of hydrogen-bond donors (Lipinski definition) is 2. The van der Waals surface area contributed by atoms with Crippen molar-refractivity contribution in [3.63, 3.8) is 0 Å². The Morgan fingerprint density at radius 2 is 2.24 bits per heavy atom. The zero-order chi connectivity index (χ0) is 14.8. The number of nitrogens with zero attached hydrogens (tertiary/aromatic N) is 2. The van der Waals surface area contributed by atoms with Crippen LogP contribution in [0.1, 0.15) is 34.5 Å². The van der Waals surface area contributed by atoms with Gasteiger partial charge < -0.3 is 10.4 Å². The van der Waals surface area contributed by atoms with Gasteiger partial charge in [0, 0.05) is 18.4 Å². The Kier molecular flexibility index (Phi) is 3.64. The van der Waals surface area contributed by atoms with E-state index in [0.717, 1.165) is 29.4 Å². The van der Waals surface area contributed by atoms with Gasteiger partial charge in [-0.1, -0.05) is 0 Å². The van der Waals surface area contributed by atoms with Crippen LogP contribution in [-0.4, -0.2) is 20.9 Å². The van der Waals surface area contributed by atoms with Gasteiger partial charge in [0.2, 0.25) is 0 Å². The minimum absolute atomic E-state index is 0.309. The molecule has 5 nitrogen and oxygen atoms in total. The van der Waals surface area contributed by atoms with Gasteiger partial charge in [0.25, 0.3) is 0 Å². The van der Waals surface area contributed by atoms with Gasteiger partial charge in [-0.3, -0.25) is 4.68 Å². The van der Waals surface area contributed by atoms with E-state index in [-0.39, 0.29) is 0 Å². The summed E-state index contributed by atoms with van der Waals surface area (Å²) in [6.07, 6.45) is 4.41. The summed E-state index contributed by atoms with van der Waals surface area (Å²) in [5, 5.41) is 16.7. The third kappa shape index (κ3) is 3.42. The van der Waals surface area contributed by atoms with Crippen molar-refractivity contribution >= 4 is 11.7 Å². The summed E-state index contributed by atoms with van der Waals surface area (Å²) >= 11 is 0. The van der Waals surface area contributed by atoms with Crippen molar-refractivity contribution < 1.29 is 9.90 Å². The van der Waals surface area contributed by atoms with Gasteiger partial charge in [-0.05, 0) is 55.5 Å². The number of carboxylic acids is 1. The number of aromatic nitrogens is 2. The highest BCUT2D eigenvalue weighted by Gasteiger charge is 2.22. The molecular weight excluding hydrogens is 266 g/mol. The van der Waals surface area contributed by atoms with E-state index in [4.69, 9.17) is 5.11 Å². The number of carboxylic acid groups (broad SMARTS) is 1. The molecule has 1 aliphatic carbocycles. The van der Waals surface area contributed by atoms with Crippen molar-refractivity contribution in [2.24, 2.45) is 5.92 Å². The lowest BCUT2D eigenvalue weighted by Gasteiger charge is -2.10. The second kappa shape index (κ2) is 5.60. The van der Waals surface area contributed by atoms with Gasteiger partial charge in [0.15, 0.2) is 0 Å². The largest absolute Gasteiger partial charge is 0.478 e. The summed E-state index contributed by atoms with van der Waals surface area (Å²) in [6, 6.07) is 7.29. The zero-order valence-corrected chi connectivity index (χ0v) is 12.0. The molecule has 1 fully saturated rings. The van der Waals surface area contributed by atoms with Crippen LogP contribution < -0.4 is 5.32 Å². The van der Waals surface area contributed by atoms with Gasteiger partial charge in [0.05, 0.1) is 17.8 Å². The second-order valence-corrected chi connectivity index (χ2v) is 5.69. The van der Waals surface area contributed by atoms with Crippen LogP contribution in [0.4, 0.5) is 5.69 Å². The molecule has 2 aromatic rings. The Hall–Kier alpha value is -2.30. The lowest BCUT2D eigenvalue weighted by molar-refractivity contribution is 0.0697. The number of anilines is 1. The van der Waals surface area contributed by atoms with Crippen LogP contribution in [0.25, 0.3) is 0 Å². The molecule has 5 heteroatoms. The second-order valence-electron chi connectivity index (χ2n) is 5.69. The Balaban J connectivity index is 1.69. The summed E-state index contributed by atoms with van der Waals surface area (Å²) in [6.45, 7) is 3.53. The maximum Gasteiger partial charge on any atom is 0.335 e. The van der Waals surface area contributed by atoms with Gasteiger partial charge in [-0.15, -0.1) is 0 Å². The maximum atomic E-state index is 11.1. The molecule has 0 amide bonds. The molecule has 21 heavy (non-hydrogen) atoms. The van der Waals surface area contributed by atoms with E-state index < -0.39 is 5.97 Å². The summed E-state index contributed by atoms with van der Waals surface area (Å²) in [7, 11) is 0. The molecule has 110 valence electrons. The Morgan fingerprint density at radius 3 is 2.95 bits per heavy atom. The average molecular weight is 285 g/mol. The molecule has 1 saturated carbocycles. The van der Waals surface area contributed by atoms with E-state index in [1.165, 1.54) is 12.8 Å². The van der Waals surface area contributed by atoms with Crippen molar-refractivity contribution in [3.8, 4) is 0 Å². The van der Waals surface area contributed by atoms with E-state index in [1.54, 1.807) is 12.1 Å². The molecule has 1 heterocycles. The Morgan fingerprint density at radius 1 is 1.43 bits per heavy atom. The predicted octanol–water partition coefficient (Wildman–Crippen LogP) is 2.91. The number of aryl methyl sites for hydroxylation is 1. The van der Waals surface area contributed by atoms with E-state index in [9.17, 15) is 4.79 Å². The first kappa shape index (κ1) is 13.7. The van der Waals surface area contributed by atoms with Gasteiger partial charge >= 0.3 is 5.97 Å². The summed E-state index contributed by atoms with van der Waals surface area (Å²) in [5.74, 6) is -0.123. The molecule has 0 aliphatic heterocycles. The number of carbonyl (C=O) groups is 1. The Bertz CT molecular complexity index is 659. The number of hydrogen-bond acceptors (Lipinski definition) is 3. The van der Waals surface area contributed by atoms with Crippen LogP contribution >= 0.6 is 0 Å². The first-order valence-corrected chi connectivity index (χ1v) is 7.21. The first-order valence-electron chi connectivity index (χ1n) is 7.21. The standard InChI is InChI=1S/C16H19N3O2/c1-11-6-13(16(20)21)8-14(7-11)17-9-15-4-5-18-19(15)10-12-2-3-12/h4-8,12,17H,2-3,9-10H2,1H3,(H,20,21). The fraction of sp³-hybridized carbons (Fsp3) is 0.375. The summed E-state index contributed by atoms with van der Waals surface area (Å²) in [5.41, 5.74) is 3.19. The van der Waals surface area contributed by atoms with Crippen LogP contribution in [-0.2, 0) is 13.1 Å². The topological polar surface area (TPSA) is 67.2 Å². The highest BCUT2D eigenvalue weighted by atomic mass is 16.4. The quantitative estimate of drug-likeness (QED) is 0.856. The van der Waals surface area contributed by atoms with Gasteiger partial charge in [-0.25, -0.2) is 4.79 Å². The van der Waals surface area contributed by atoms with Crippen molar-refractivity contribution in [3.05, 3.63) is 47.3 Å². The van der Waals surface area contributed by atoms with Crippen molar-refractivity contribution in [1.29, 1.82) is 0 Å². The first-order chi connectivity index (χ1) is 10.1. The highest BCUT2D eigenvalue weighted by Crippen LogP contribution is 2.30. The van der Waals surface area contributed by atoms with Crippen molar-refractivity contribution in [2.75, 3.05) is 5.32 Å². The molecule has 0 unspecified atom stereocenters. The summed E-state index contributed by atoms with van der Waals surface area (Å²) in [4.78, 5) is 11.1. The highest BCUT2D eigenvalue weighted by molar-refractivity contribution is 5.89. The predicted molar refractivity (Wildman–Crippen MR) is 80.4 cm³/mol. The molecule has 1 aromatic carbocycles. The number of benzene rings is 1. The molecule has 1 aromatic heterocycles. The third-order valence-corrected chi connectivity index (χ3v) is 3.73. The summed E-state index contributed by atoms with van der Waals surface area (Å²) < 4.78 is 2.04. The molecule has 0 radical (unpaired) electrons. The van der Waals surface area contributed by atoms with E-state index in [2.05, 4.69) is 10.4 Å². The maximum absolute atomic E-state index is 11.1. The molecule has 2 N–H and O–H groups in total. The van der Waals surface area contributed by atoms with Gasteiger partial charge in [0.1, 0.15) is 0 Å². The van der Waals surface area contributed by atoms with Crippen LogP contribution in [0.5, 0.6) is 0 Å². The van der Waals surface area contributed by atoms with Crippen LogP contribution in [0.15, 0.2) is 30.5 Å². The lowest BCUT2D eigenvalue weighted by atomic mass is 10.1. The average Bonchev–Trinajstić information content (AvgIpc) is 3.14. The minimum Gasteiger partial charge on any atom is -0.478 e. The normalized spacial score (nSPS) is 14.1. The van der Waals surface area contributed by atoms with E-state index in [1.807, 2.05) is 29.9 Å². The Labute approximate surface area is 123 Å². The fourth-order valence-electron chi connectivity index (χ4n) is 2.42. The number of rotatable bonds is 6. The molecule has 3 rings (SSSR count). The molecular formula is C16H19N3O2. The number of aromatic carboxylic acids is 1. The molecule has 0 saturated heterocycles. The number of nitrogens with one attached hydrogen (secondary N) is 1. The van der Waals surface area contributed by atoms with Crippen LogP contribution in [0.3, 0.4) is 0 Å². The molecule has 0 spiro atoms. The van der Waals surface area contributed by atoms with E-state index >= 15 is 0 Å². The fourth-order valence-corrected chi connectivity index (χ4v) is 2.42. The molecule has 0 bridgehead atoms. The molecule has 1 aliphatic rings. The minimum atomic E-state index is -0.902. The van der Waals surface area contributed by atoms with Crippen molar-refractivity contribution in [2.45, 2.75) is 32.9 Å². The SMILES string of the molecule is Cc1cc(NCc2ccnn2CC2CC2)cc(C(=O)O)c1. The van der Waals surface area contributed by atoms with Crippen LogP contribution in [0.2, 0.25) is 0 Å². The zero-order valence-electron chi connectivity index (χ0n) is 12.0. The lowest BCUT2D eigenvalue weighted by Crippen LogP contribution is -2.10. The smallest absolute Gasteiger partial charge is 0.335 e. The van der Waals surface area contributed by atoms with Crippen molar-refractivity contribution in [1.82, 2.24) is 9.78 Å². The molecule has 0 atom stereocenters. The van der Waals surface area contributed by atoms with Gasteiger partial charge in [-0.2, -0.15) is 5.10 Å². The monoisotopic (exact) mass is 285 g/mol. The third-order valence-electron chi connectivity index (χ3n) is 3.73.